The molecule has 1 N–H and O–H groups in total. The number of benzene rings is 2. The van der Waals surface area contributed by atoms with Crippen LogP contribution in [-0.2, 0) is 32.2 Å². The summed E-state index contributed by atoms with van der Waals surface area (Å²) in [6, 6.07) is 13.0. The van der Waals surface area contributed by atoms with Gasteiger partial charge in [-0.1, -0.05) is 35.9 Å². The predicted molar refractivity (Wildman–Crippen MR) is 138 cm³/mol. The standard InChI is InChI=1S/C27H29ClF3N3O4S/c1-34-12-10-26(17-32,11-13-34)33-25(35)21-14-20(15-23(21)38-16-18-6-8-19(28)9-7-18)39(36,37)24-5-3-2-4-22(24)27(29,30)31/h2-9,20-21,23H,10-16H2,1H3,(H,33,35)/t20-,21-,23-/m1/s1. The molecule has 4 rings (SSSR count). The lowest BCUT2D eigenvalue weighted by Gasteiger charge is -2.37. The van der Waals surface area contributed by atoms with Crippen molar-refractivity contribution in [2.24, 2.45) is 5.92 Å². The molecule has 7 nitrogen and oxygen atoms in total. The van der Waals surface area contributed by atoms with Gasteiger partial charge in [0.25, 0.3) is 0 Å². The topological polar surface area (TPSA) is 99.5 Å². The smallest absolute Gasteiger partial charge is 0.373 e. The molecule has 0 bridgehead atoms. The summed E-state index contributed by atoms with van der Waals surface area (Å²) in [5.74, 6) is -1.51. The maximum absolute atomic E-state index is 13.7. The number of nitrogens with zero attached hydrogens (tertiary/aromatic N) is 2. The molecular weight excluding hydrogens is 555 g/mol. The van der Waals surface area contributed by atoms with Crippen molar-refractivity contribution >= 4 is 27.3 Å². The second-order valence-corrected chi connectivity index (χ2v) is 12.8. The Morgan fingerprint density at radius 3 is 2.41 bits per heavy atom. The summed E-state index contributed by atoms with van der Waals surface area (Å²) in [5.41, 5.74) is -1.62. The summed E-state index contributed by atoms with van der Waals surface area (Å²) in [7, 11) is -2.56. The van der Waals surface area contributed by atoms with Crippen molar-refractivity contribution in [2.75, 3.05) is 20.1 Å². The van der Waals surface area contributed by atoms with E-state index < -0.39 is 55.2 Å². The monoisotopic (exact) mass is 583 g/mol. The molecule has 1 aliphatic heterocycles. The van der Waals surface area contributed by atoms with Crippen LogP contribution in [0.1, 0.15) is 36.8 Å². The van der Waals surface area contributed by atoms with E-state index in [2.05, 4.69) is 11.4 Å². The Kier molecular flexibility index (Phi) is 8.61. The van der Waals surface area contributed by atoms with Gasteiger partial charge in [-0.25, -0.2) is 8.42 Å². The maximum Gasteiger partial charge on any atom is 0.417 e. The van der Waals surface area contributed by atoms with Gasteiger partial charge in [-0.05, 0) is 62.6 Å². The normalized spacial score (nSPS) is 23.7. The number of ether oxygens (including phenoxy) is 1. The quantitative estimate of drug-likeness (QED) is 0.511. The van der Waals surface area contributed by atoms with Crippen LogP contribution in [0.2, 0.25) is 5.02 Å². The zero-order valence-electron chi connectivity index (χ0n) is 21.2. The molecule has 0 unspecified atom stereocenters. The summed E-state index contributed by atoms with van der Waals surface area (Å²) in [6.45, 7) is 1.24. The third kappa shape index (κ3) is 6.57. The number of carbonyl (C=O) groups excluding carboxylic acids is 1. The highest BCUT2D eigenvalue weighted by atomic mass is 35.5. The summed E-state index contributed by atoms with van der Waals surface area (Å²) < 4.78 is 74.0. The summed E-state index contributed by atoms with van der Waals surface area (Å²) in [5, 5.41) is 11.9. The predicted octanol–water partition coefficient (Wildman–Crippen LogP) is 4.60. The number of hydrogen-bond acceptors (Lipinski definition) is 6. The third-order valence-electron chi connectivity index (χ3n) is 7.53. The number of sulfone groups is 1. The molecule has 2 aromatic rings. The highest BCUT2D eigenvalue weighted by Gasteiger charge is 2.49. The summed E-state index contributed by atoms with van der Waals surface area (Å²) in [6.07, 6.45) is -5.35. The van der Waals surface area contributed by atoms with Crippen LogP contribution >= 0.6 is 11.6 Å². The number of amides is 1. The second-order valence-electron chi connectivity index (χ2n) is 10.2. The van der Waals surface area contributed by atoms with Crippen molar-refractivity contribution in [2.45, 2.75) is 60.3 Å². The highest BCUT2D eigenvalue weighted by Crippen LogP contribution is 2.41. The fourth-order valence-electron chi connectivity index (χ4n) is 5.17. The first-order valence-corrected chi connectivity index (χ1v) is 14.4. The third-order valence-corrected chi connectivity index (χ3v) is 10.0. The van der Waals surface area contributed by atoms with Crippen LogP contribution < -0.4 is 5.32 Å². The Morgan fingerprint density at radius 2 is 1.79 bits per heavy atom. The zero-order valence-corrected chi connectivity index (χ0v) is 22.8. The Bertz CT molecular complexity index is 1340. The Balaban J connectivity index is 1.61. The highest BCUT2D eigenvalue weighted by molar-refractivity contribution is 7.92. The van der Waals surface area contributed by atoms with Gasteiger partial charge in [0.15, 0.2) is 9.84 Å². The zero-order chi connectivity index (χ0) is 28.4. The first kappa shape index (κ1) is 29.3. The average Bonchev–Trinajstić information content (AvgIpc) is 3.35. The molecule has 210 valence electrons. The largest absolute Gasteiger partial charge is 0.417 e. The van der Waals surface area contributed by atoms with Gasteiger partial charge < -0.3 is 15.0 Å². The van der Waals surface area contributed by atoms with Crippen molar-refractivity contribution in [3.8, 4) is 6.07 Å². The number of nitriles is 1. The Labute approximate surface area is 230 Å². The van der Waals surface area contributed by atoms with Crippen LogP contribution in [0.4, 0.5) is 13.2 Å². The molecule has 1 amide bonds. The molecular formula is C27H29ClF3N3O4S. The van der Waals surface area contributed by atoms with Gasteiger partial charge in [0, 0.05) is 18.1 Å². The van der Waals surface area contributed by atoms with Gasteiger partial charge >= 0.3 is 6.18 Å². The molecule has 3 atom stereocenters. The van der Waals surface area contributed by atoms with Crippen molar-refractivity contribution in [1.29, 1.82) is 5.26 Å². The van der Waals surface area contributed by atoms with Gasteiger partial charge in [-0.3, -0.25) is 4.79 Å². The van der Waals surface area contributed by atoms with Crippen LogP contribution in [0.3, 0.4) is 0 Å². The van der Waals surface area contributed by atoms with E-state index >= 15 is 0 Å². The van der Waals surface area contributed by atoms with Crippen LogP contribution in [0.25, 0.3) is 0 Å². The Hall–Kier alpha value is -2.65. The van der Waals surface area contributed by atoms with Gasteiger partial charge in [0.1, 0.15) is 5.54 Å². The molecule has 2 aromatic carbocycles. The van der Waals surface area contributed by atoms with E-state index in [1.807, 2.05) is 11.9 Å². The average molecular weight is 584 g/mol. The van der Waals surface area contributed by atoms with E-state index in [1.165, 1.54) is 6.07 Å². The Morgan fingerprint density at radius 1 is 1.15 bits per heavy atom. The van der Waals surface area contributed by atoms with Crippen LogP contribution in [0.15, 0.2) is 53.4 Å². The molecule has 1 saturated heterocycles. The van der Waals surface area contributed by atoms with Crippen LogP contribution in [-0.4, -0.2) is 56.3 Å². The van der Waals surface area contributed by atoms with Crippen LogP contribution in [0.5, 0.6) is 0 Å². The lowest BCUT2D eigenvalue weighted by molar-refractivity contribution is -0.140. The van der Waals surface area contributed by atoms with Gasteiger partial charge in [-0.15, -0.1) is 0 Å². The number of hydrogen-bond donors (Lipinski definition) is 1. The molecule has 0 radical (unpaired) electrons. The number of halogens is 4. The maximum atomic E-state index is 13.7. The molecule has 39 heavy (non-hydrogen) atoms. The van der Waals surface area contributed by atoms with E-state index in [9.17, 15) is 31.6 Å². The van der Waals surface area contributed by atoms with Crippen molar-refractivity contribution < 1.29 is 31.1 Å². The minimum atomic E-state index is -4.86. The second kappa shape index (κ2) is 11.5. The number of rotatable bonds is 7. The molecule has 1 heterocycles. The lowest BCUT2D eigenvalue weighted by Crippen LogP contribution is -2.55. The number of alkyl halides is 3. The fraction of sp³-hybridized carbons (Fsp3) is 0.481. The minimum absolute atomic E-state index is 0.0473. The lowest BCUT2D eigenvalue weighted by atomic mass is 9.88. The van der Waals surface area contributed by atoms with E-state index in [0.29, 0.717) is 31.0 Å². The summed E-state index contributed by atoms with van der Waals surface area (Å²) >= 11 is 5.93. The SMILES string of the molecule is CN1CCC(C#N)(NC(=O)[C@@H]2C[C@@H](S(=O)(=O)c3ccccc3C(F)(F)F)C[C@H]2OCc2ccc(Cl)cc2)CC1. The molecule has 2 aliphatic rings. The van der Waals surface area contributed by atoms with Crippen LogP contribution in [0, 0.1) is 17.2 Å². The molecule has 0 aromatic heterocycles. The van der Waals surface area contributed by atoms with Gasteiger partial charge in [0.05, 0.1) is 40.4 Å². The van der Waals surface area contributed by atoms with E-state index in [-0.39, 0.29) is 19.4 Å². The van der Waals surface area contributed by atoms with E-state index in [0.717, 1.165) is 23.8 Å². The van der Waals surface area contributed by atoms with Crippen molar-refractivity contribution in [1.82, 2.24) is 10.2 Å². The van der Waals surface area contributed by atoms with E-state index in [1.54, 1.807) is 24.3 Å². The minimum Gasteiger partial charge on any atom is -0.373 e. The number of likely N-dealkylation sites (tertiary alicyclic amines) is 1. The fourth-order valence-corrected chi connectivity index (χ4v) is 7.32. The number of nitrogens with one attached hydrogen (secondary N) is 1. The molecule has 1 aliphatic carbocycles. The molecule has 12 heteroatoms. The van der Waals surface area contributed by atoms with Crippen molar-refractivity contribution in [3.63, 3.8) is 0 Å². The van der Waals surface area contributed by atoms with Gasteiger partial charge in [-0.2, -0.15) is 18.4 Å². The number of piperidine rings is 1. The summed E-state index contributed by atoms with van der Waals surface area (Å²) in [4.78, 5) is 14.7. The van der Waals surface area contributed by atoms with Gasteiger partial charge in [0.2, 0.25) is 5.91 Å². The van der Waals surface area contributed by atoms with Crippen molar-refractivity contribution in [3.05, 3.63) is 64.7 Å². The molecule has 0 spiro atoms. The molecule has 1 saturated carbocycles. The number of carbonyl (C=O) groups is 1. The molecule has 2 fully saturated rings. The first-order chi connectivity index (χ1) is 18.3. The first-order valence-electron chi connectivity index (χ1n) is 12.5. The van der Waals surface area contributed by atoms with E-state index in [4.69, 9.17) is 16.3 Å².